The fraction of sp³-hybridized carbons (Fsp3) is 0.200. The molecule has 0 atom stereocenters. The van der Waals surface area contributed by atoms with Gasteiger partial charge in [0.1, 0.15) is 0 Å². The Kier molecular flexibility index (Phi) is 13.4. The number of nitrogens with one attached hydrogen (secondary N) is 4. The van der Waals surface area contributed by atoms with Gasteiger partial charge in [0.25, 0.3) is 17.5 Å². The molecule has 13 nitrogen and oxygen atoms in total. The normalized spacial score (nSPS) is 11.1. The lowest BCUT2D eigenvalue weighted by Crippen LogP contribution is -2.31. The Morgan fingerprint density at radius 2 is 1.24 bits per heavy atom. The molecular formula is C30H21F6N7O6S2. The predicted octanol–water partition coefficient (Wildman–Crippen LogP) is 7.12. The van der Waals surface area contributed by atoms with Gasteiger partial charge in [0, 0.05) is 56.6 Å². The van der Waals surface area contributed by atoms with Crippen molar-refractivity contribution >= 4 is 75.6 Å². The second-order valence-electron chi connectivity index (χ2n) is 9.75. The summed E-state index contributed by atoms with van der Waals surface area (Å²) in [6, 6.07) is 11.4. The van der Waals surface area contributed by atoms with E-state index in [9.17, 15) is 55.6 Å². The van der Waals surface area contributed by atoms with Gasteiger partial charge in [-0.15, -0.1) is 23.5 Å². The molecule has 4 N–H and O–H groups in total. The van der Waals surface area contributed by atoms with Crippen molar-refractivity contribution in [3.8, 4) is 6.07 Å². The lowest BCUT2D eigenvalue weighted by molar-refractivity contribution is -0.384. The zero-order valence-electron chi connectivity index (χ0n) is 25.4. The van der Waals surface area contributed by atoms with E-state index in [2.05, 4.69) is 15.5 Å². The van der Waals surface area contributed by atoms with E-state index in [4.69, 9.17) is 11.8 Å². The maximum Gasteiger partial charge on any atom is 0.471 e. The molecule has 266 valence electrons. The molecule has 0 heterocycles. The third kappa shape index (κ3) is 11.6. The van der Waals surface area contributed by atoms with Crippen LogP contribution in [0.15, 0.2) is 64.4 Å². The van der Waals surface area contributed by atoms with Gasteiger partial charge in [-0.3, -0.25) is 29.3 Å². The Morgan fingerprint density at radius 1 is 0.765 bits per heavy atom. The number of amides is 4. The zero-order valence-corrected chi connectivity index (χ0v) is 27.0. The largest absolute Gasteiger partial charge is 0.471 e. The number of nitro benzene ring substituents is 1. The number of carbonyl (C=O) groups is 4. The minimum Gasteiger partial charge on any atom is -0.321 e. The van der Waals surface area contributed by atoms with E-state index in [1.165, 1.54) is 34.9 Å². The van der Waals surface area contributed by atoms with E-state index < -0.39 is 57.8 Å². The Morgan fingerprint density at radius 3 is 1.67 bits per heavy atom. The Hall–Kier alpha value is -5.80. The quantitative estimate of drug-likeness (QED) is 0.0352. The van der Waals surface area contributed by atoms with Gasteiger partial charge in [-0.25, -0.2) is 6.57 Å². The maximum atomic E-state index is 13.5. The minimum atomic E-state index is -5.42. The maximum absolute atomic E-state index is 13.5. The molecule has 0 bridgehead atoms. The van der Waals surface area contributed by atoms with Crippen molar-refractivity contribution in [3.63, 3.8) is 0 Å². The first-order valence-corrected chi connectivity index (χ1v) is 15.8. The third-order valence-corrected chi connectivity index (χ3v) is 8.17. The first kappa shape index (κ1) is 39.6. The van der Waals surface area contributed by atoms with Crippen LogP contribution in [0.1, 0.15) is 27.1 Å². The number of nitriles is 1. The average molecular weight is 754 g/mol. The van der Waals surface area contributed by atoms with E-state index in [0.29, 0.717) is 6.07 Å². The van der Waals surface area contributed by atoms with Crippen LogP contribution in [0, 0.1) is 28.0 Å². The standard InChI is InChI=1S/C30H21F6N7O6S2/c1-38-8-10-51-24-15-21(41-25(44)16-3-5-20(6-4-16)43(48)49)23(50-9-2-7-37)14-22(24)42-26(45)17-11-18(39-27(46)29(31,32)33)13-19(12-17)40-28(47)30(34,35)36/h3-6,11-15H,2,8-10H2,(H,39,46)(H,40,47)(H,41,44)(H,42,45). The lowest BCUT2D eigenvalue weighted by Gasteiger charge is -2.18. The number of carbonyl (C=O) groups excluding carboxylic acids is 4. The fourth-order valence-corrected chi connectivity index (χ4v) is 5.58. The summed E-state index contributed by atoms with van der Waals surface area (Å²) in [6.07, 6.45) is -10.8. The van der Waals surface area contributed by atoms with Crippen LogP contribution in [0.25, 0.3) is 4.85 Å². The molecule has 3 rings (SSSR count). The summed E-state index contributed by atoms with van der Waals surface area (Å²) < 4.78 is 77.5. The molecule has 21 heteroatoms. The van der Waals surface area contributed by atoms with Gasteiger partial charge in [0.05, 0.1) is 28.1 Å². The van der Waals surface area contributed by atoms with Crippen LogP contribution in [0.5, 0.6) is 0 Å². The molecule has 0 radical (unpaired) electrons. The second kappa shape index (κ2) is 17.2. The van der Waals surface area contributed by atoms with Crippen molar-refractivity contribution in [3.05, 3.63) is 87.3 Å². The van der Waals surface area contributed by atoms with E-state index in [1.54, 1.807) is 0 Å². The van der Waals surface area contributed by atoms with E-state index in [-0.39, 0.29) is 56.9 Å². The highest BCUT2D eigenvalue weighted by Gasteiger charge is 2.40. The van der Waals surface area contributed by atoms with Gasteiger partial charge in [-0.2, -0.15) is 31.6 Å². The van der Waals surface area contributed by atoms with E-state index in [1.807, 2.05) is 6.07 Å². The second-order valence-corrected chi connectivity index (χ2v) is 12.0. The molecule has 0 aliphatic rings. The monoisotopic (exact) mass is 753 g/mol. The molecule has 4 amide bonds. The van der Waals surface area contributed by atoms with Crippen LogP contribution in [-0.2, 0) is 9.59 Å². The summed E-state index contributed by atoms with van der Waals surface area (Å²) in [5.74, 6) is -6.49. The zero-order chi connectivity index (χ0) is 37.9. The molecule has 0 fully saturated rings. The minimum absolute atomic E-state index is 0.00439. The molecule has 0 aliphatic heterocycles. The highest BCUT2D eigenvalue weighted by molar-refractivity contribution is 8.00. The van der Waals surface area contributed by atoms with Crippen LogP contribution in [0.2, 0.25) is 0 Å². The molecule has 0 spiro atoms. The van der Waals surface area contributed by atoms with Gasteiger partial charge in [0.2, 0.25) is 6.54 Å². The number of nitrogens with zero attached hydrogens (tertiary/aromatic N) is 3. The van der Waals surface area contributed by atoms with Crippen molar-refractivity contribution in [1.82, 2.24) is 0 Å². The molecule has 0 aliphatic carbocycles. The van der Waals surface area contributed by atoms with E-state index in [0.717, 1.165) is 47.8 Å². The number of benzene rings is 3. The van der Waals surface area contributed by atoms with Crippen LogP contribution < -0.4 is 21.3 Å². The summed E-state index contributed by atoms with van der Waals surface area (Å²) >= 11 is 2.11. The number of rotatable bonds is 13. The van der Waals surface area contributed by atoms with Gasteiger partial charge < -0.3 is 26.1 Å². The number of non-ortho nitro benzene ring substituents is 1. The van der Waals surface area contributed by atoms with Gasteiger partial charge >= 0.3 is 24.2 Å². The smallest absolute Gasteiger partial charge is 0.321 e. The summed E-state index contributed by atoms with van der Waals surface area (Å²) in [7, 11) is 0. The van der Waals surface area contributed by atoms with Crippen LogP contribution in [0.3, 0.4) is 0 Å². The number of nitro groups is 1. The predicted molar refractivity (Wildman–Crippen MR) is 174 cm³/mol. The number of anilines is 4. The lowest BCUT2D eigenvalue weighted by atomic mass is 10.1. The summed E-state index contributed by atoms with van der Waals surface area (Å²) in [6.45, 7) is 7.08. The van der Waals surface area contributed by atoms with Crippen LogP contribution in [-0.4, -0.2) is 59.0 Å². The van der Waals surface area contributed by atoms with Crippen molar-refractivity contribution < 1.29 is 50.4 Å². The molecular weight excluding hydrogens is 732 g/mol. The van der Waals surface area contributed by atoms with E-state index >= 15 is 0 Å². The molecule has 0 saturated heterocycles. The topological polar surface area (TPSA) is 188 Å². The highest BCUT2D eigenvalue weighted by atomic mass is 32.2. The molecule has 3 aromatic rings. The van der Waals surface area contributed by atoms with Gasteiger partial charge in [-0.1, -0.05) is 0 Å². The molecule has 0 saturated carbocycles. The summed E-state index contributed by atoms with van der Waals surface area (Å²) in [5, 5.41) is 28.0. The number of hydrogen-bond donors (Lipinski definition) is 4. The first-order valence-electron chi connectivity index (χ1n) is 13.8. The van der Waals surface area contributed by atoms with Gasteiger partial charge in [0.15, 0.2) is 0 Å². The number of halogens is 6. The summed E-state index contributed by atoms with van der Waals surface area (Å²) in [4.78, 5) is 63.7. The first-order chi connectivity index (χ1) is 23.9. The Labute approximate surface area is 292 Å². The third-order valence-electron chi connectivity index (χ3n) is 6.08. The number of hydrogen-bond acceptors (Lipinski definition) is 9. The van der Waals surface area contributed by atoms with Crippen molar-refractivity contribution in [2.45, 2.75) is 28.6 Å². The Bertz CT molecular complexity index is 1880. The summed E-state index contributed by atoms with van der Waals surface area (Å²) in [5.41, 5.74) is -2.22. The SMILES string of the molecule is [C-]#[N+]CCSc1cc(NC(=O)c2ccc([N+](=O)[O-])cc2)c(SCCC#N)cc1NC(=O)c1cc(NC(=O)C(F)(F)F)cc(NC(=O)C(F)(F)F)c1. The molecule has 3 aromatic carbocycles. The fourth-order valence-electron chi connectivity index (χ4n) is 3.83. The Balaban J connectivity index is 2.07. The average Bonchev–Trinajstić information content (AvgIpc) is 3.05. The van der Waals surface area contributed by atoms with Crippen molar-refractivity contribution in [1.29, 1.82) is 5.26 Å². The molecule has 0 unspecified atom stereocenters. The van der Waals surface area contributed by atoms with Crippen LogP contribution >= 0.6 is 23.5 Å². The van der Waals surface area contributed by atoms with Crippen molar-refractivity contribution in [2.75, 3.05) is 39.3 Å². The van der Waals surface area contributed by atoms with Crippen LogP contribution in [0.4, 0.5) is 54.8 Å². The molecule has 0 aromatic heterocycles. The highest BCUT2D eigenvalue weighted by Crippen LogP contribution is 2.39. The molecule has 51 heavy (non-hydrogen) atoms. The number of thioether (sulfide) groups is 2. The van der Waals surface area contributed by atoms with Crippen molar-refractivity contribution in [2.24, 2.45) is 0 Å². The number of alkyl halides is 6. The van der Waals surface area contributed by atoms with Gasteiger partial charge in [-0.05, 0) is 42.5 Å².